The number of benzene rings is 1. The van der Waals surface area contributed by atoms with E-state index in [1.165, 1.54) is 6.07 Å². The Bertz CT molecular complexity index is 528. The molecule has 15 heavy (non-hydrogen) atoms. The first kappa shape index (κ1) is 9.89. The maximum Gasteiger partial charge on any atom is 0.276 e. The van der Waals surface area contributed by atoms with Crippen LogP contribution in [0.2, 0.25) is 5.02 Å². The van der Waals surface area contributed by atoms with Crippen LogP contribution in [0.4, 0.5) is 0 Å². The van der Waals surface area contributed by atoms with Crippen molar-refractivity contribution in [3.05, 3.63) is 41.0 Å². The lowest BCUT2D eigenvalue weighted by Crippen LogP contribution is -2.19. The number of rotatable bonds is 1. The monoisotopic (exact) mass is 222 g/mol. The summed E-state index contributed by atoms with van der Waals surface area (Å²) in [4.78, 5) is 15.4. The Morgan fingerprint density at radius 1 is 1.47 bits per heavy atom. The number of halogens is 1. The van der Waals surface area contributed by atoms with Crippen LogP contribution in [0, 0.1) is 0 Å². The molecule has 1 amide bonds. The van der Waals surface area contributed by atoms with Gasteiger partial charge in [0.2, 0.25) is 0 Å². The molecule has 1 heterocycles. The number of amides is 1. The van der Waals surface area contributed by atoms with Crippen LogP contribution in [0.15, 0.2) is 30.5 Å². The smallest absolute Gasteiger partial charge is 0.276 e. The minimum Gasteiger partial charge on any atom is -0.288 e. The van der Waals surface area contributed by atoms with Crippen molar-refractivity contribution in [3.63, 3.8) is 0 Å². The van der Waals surface area contributed by atoms with Crippen LogP contribution >= 0.6 is 11.6 Å². The average Bonchev–Trinajstić information content (AvgIpc) is 2.26. The highest BCUT2D eigenvalue weighted by molar-refractivity contribution is 6.32. The molecule has 0 spiro atoms. The van der Waals surface area contributed by atoms with E-state index in [1.807, 2.05) is 0 Å². The number of carbonyl (C=O) groups is 1. The van der Waals surface area contributed by atoms with Crippen molar-refractivity contribution in [3.8, 4) is 0 Å². The van der Waals surface area contributed by atoms with Gasteiger partial charge in [0.25, 0.3) is 5.91 Å². The van der Waals surface area contributed by atoms with Gasteiger partial charge in [-0.05, 0) is 18.2 Å². The second kappa shape index (κ2) is 3.84. The highest BCUT2D eigenvalue weighted by atomic mass is 35.5. The molecule has 0 saturated heterocycles. The van der Waals surface area contributed by atoms with E-state index in [-0.39, 0.29) is 5.56 Å². The maximum atomic E-state index is 11.3. The van der Waals surface area contributed by atoms with Gasteiger partial charge in [-0.15, -0.1) is 0 Å². The number of fused-ring (bicyclic) bond motifs is 1. The van der Waals surface area contributed by atoms with E-state index in [2.05, 4.69) is 4.98 Å². The van der Waals surface area contributed by atoms with Crippen LogP contribution in [0.1, 0.15) is 10.4 Å². The molecule has 2 N–H and O–H groups in total. The highest BCUT2D eigenvalue weighted by Crippen LogP contribution is 2.21. The number of hydrogen-bond donors (Lipinski definition) is 2. The van der Waals surface area contributed by atoms with Gasteiger partial charge in [0.15, 0.2) is 0 Å². The molecule has 0 radical (unpaired) electrons. The van der Waals surface area contributed by atoms with Crippen molar-refractivity contribution >= 4 is 28.4 Å². The Kier molecular flexibility index (Phi) is 2.53. The van der Waals surface area contributed by atoms with E-state index >= 15 is 0 Å². The van der Waals surface area contributed by atoms with E-state index in [0.717, 1.165) is 5.39 Å². The van der Waals surface area contributed by atoms with E-state index in [1.54, 1.807) is 29.9 Å². The molecular weight excluding hydrogens is 216 g/mol. The van der Waals surface area contributed by atoms with Crippen LogP contribution in [0.25, 0.3) is 10.9 Å². The number of hydrogen-bond acceptors (Lipinski definition) is 3. The topological polar surface area (TPSA) is 62.2 Å². The van der Waals surface area contributed by atoms with E-state index in [9.17, 15) is 4.79 Å². The van der Waals surface area contributed by atoms with Crippen LogP contribution in [-0.2, 0) is 0 Å². The first-order valence-electron chi connectivity index (χ1n) is 4.21. The zero-order valence-corrected chi connectivity index (χ0v) is 8.32. The maximum absolute atomic E-state index is 11.3. The van der Waals surface area contributed by atoms with Crippen LogP contribution in [0.3, 0.4) is 0 Å². The zero-order valence-electron chi connectivity index (χ0n) is 7.57. The standard InChI is InChI=1S/C10H7ClN2O2/c11-7-4-6-2-1-3-12-9(6)8(5-7)10(14)13-15/h1-5,15H,(H,13,14). The van der Waals surface area contributed by atoms with Crippen LogP contribution in [-0.4, -0.2) is 16.1 Å². The Hall–Kier alpha value is -1.65. The Morgan fingerprint density at radius 2 is 2.27 bits per heavy atom. The van der Waals surface area contributed by atoms with Gasteiger partial charge in [-0.25, -0.2) is 5.48 Å². The van der Waals surface area contributed by atoms with E-state index in [0.29, 0.717) is 10.5 Å². The summed E-state index contributed by atoms with van der Waals surface area (Å²) in [5.74, 6) is -0.624. The molecule has 0 atom stereocenters. The normalized spacial score (nSPS) is 10.3. The lowest BCUT2D eigenvalue weighted by Gasteiger charge is -2.04. The van der Waals surface area contributed by atoms with Gasteiger partial charge in [-0.3, -0.25) is 15.0 Å². The number of nitrogens with one attached hydrogen (secondary N) is 1. The van der Waals surface area contributed by atoms with Gasteiger partial charge in [0, 0.05) is 16.6 Å². The molecule has 5 heteroatoms. The first-order chi connectivity index (χ1) is 7.22. The molecule has 2 aromatic rings. The SMILES string of the molecule is O=C(NO)c1cc(Cl)cc2cccnc12. The molecule has 4 nitrogen and oxygen atoms in total. The second-order valence-electron chi connectivity index (χ2n) is 2.97. The third-order valence-electron chi connectivity index (χ3n) is 2.02. The highest BCUT2D eigenvalue weighted by Gasteiger charge is 2.11. The predicted molar refractivity (Wildman–Crippen MR) is 56.0 cm³/mol. The first-order valence-corrected chi connectivity index (χ1v) is 4.59. The summed E-state index contributed by atoms with van der Waals surface area (Å²) in [6.45, 7) is 0. The van der Waals surface area contributed by atoms with Gasteiger partial charge < -0.3 is 0 Å². The quantitative estimate of drug-likeness (QED) is 0.573. The van der Waals surface area contributed by atoms with Gasteiger partial charge in [-0.1, -0.05) is 17.7 Å². The van der Waals surface area contributed by atoms with Crippen LogP contribution in [0.5, 0.6) is 0 Å². The van der Waals surface area contributed by atoms with Crippen molar-refractivity contribution in [1.29, 1.82) is 0 Å². The molecule has 0 aliphatic carbocycles. The number of nitrogens with zero attached hydrogens (tertiary/aromatic N) is 1. The largest absolute Gasteiger partial charge is 0.288 e. The minimum atomic E-state index is -0.624. The van der Waals surface area contributed by atoms with Gasteiger partial charge in [-0.2, -0.15) is 0 Å². The third-order valence-corrected chi connectivity index (χ3v) is 2.23. The number of carbonyl (C=O) groups excluding carboxylic acids is 1. The summed E-state index contributed by atoms with van der Waals surface area (Å²) in [7, 11) is 0. The average molecular weight is 223 g/mol. The van der Waals surface area contributed by atoms with Crippen LogP contribution < -0.4 is 5.48 Å². The second-order valence-corrected chi connectivity index (χ2v) is 3.41. The molecule has 1 aromatic heterocycles. The molecule has 0 fully saturated rings. The predicted octanol–water partition coefficient (Wildman–Crippen LogP) is 2.01. The summed E-state index contributed by atoms with van der Waals surface area (Å²) >= 11 is 5.84. The number of aromatic nitrogens is 1. The van der Waals surface area contributed by atoms with Crippen molar-refractivity contribution in [2.75, 3.05) is 0 Å². The summed E-state index contributed by atoms with van der Waals surface area (Å²) in [6.07, 6.45) is 1.57. The molecule has 1 aromatic carbocycles. The Labute approximate surface area is 90.5 Å². The number of pyridine rings is 1. The molecule has 0 aliphatic rings. The Balaban J connectivity index is 2.76. The fourth-order valence-corrected chi connectivity index (χ4v) is 1.62. The molecule has 0 saturated carbocycles. The summed E-state index contributed by atoms with van der Waals surface area (Å²) in [5, 5.41) is 9.75. The fourth-order valence-electron chi connectivity index (χ4n) is 1.39. The minimum absolute atomic E-state index is 0.251. The summed E-state index contributed by atoms with van der Waals surface area (Å²) in [6, 6.07) is 6.71. The molecule has 0 bridgehead atoms. The lowest BCUT2D eigenvalue weighted by atomic mass is 10.1. The molecule has 2 rings (SSSR count). The summed E-state index contributed by atoms with van der Waals surface area (Å²) in [5.41, 5.74) is 2.32. The van der Waals surface area contributed by atoms with Gasteiger partial charge >= 0.3 is 0 Å². The molecule has 0 unspecified atom stereocenters. The molecule has 0 aliphatic heterocycles. The summed E-state index contributed by atoms with van der Waals surface area (Å²) < 4.78 is 0. The lowest BCUT2D eigenvalue weighted by molar-refractivity contribution is 0.0708. The fraction of sp³-hybridized carbons (Fsp3) is 0. The molecular formula is C10H7ClN2O2. The van der Waals surface area contributed by atoms with Crippen molar-refractivity contribution in [2.45, 2.75) is 0 Å². The van der Waals surface area contributed by atoms with E-state index < -0.39 is 5.91 Å². The van der Waals surface area contributed by atoms with Crippen molar-refractivity contribution in [1.82, 2.24) is 10.5 Å². The van der Waals surface area contributed by atoms with Gasteiger partial charge in [0.05, 0.1) is 11.1 Å². The van der Waals surface area contributed by atoms with E-state index in [4.69, 9.17) is 16.8 Å². The zero-order chi connectivity index (χ0) is 10.8. The Morgan fingerprint density at radius 3 is 3.00 bits per heavy atom. The third kappa shape index (κ3) is 1.77. The van der Waals surface area contributed by atoms with Gasteiger partial charge in [0.1, 0.15) is 0 Å². The van der Waals surface area contributed by atoms with Crippen molar-refractivity contribution in [2.24, 2.45) is 0 Å². The number of hydroxylamine groups is 1. The van der Waals surface area contributed by atoms with Crippen molar-refractivity contribution < 1.29 is 10.0 Å². The molecule has 76 valence electrons.